The summed E-state index contributed by atoms with van der Waals surface area (Å²) in [4.78, 5) is 27.2. The fraction of sp³-hybridized carbons (Fsp3) is 0.421. The van der Waals surface area contributed by atoms with Crippen LogP contribution >= 0.6 is 11.8 Å². The van der Waals surface area contributed by atoms with Crippen molar-refractivity contribution in [1.82, 2.24) is 14.7 Å². The first-order valence-electron chi connectivity index (χ1n) is 9.01. The molecule has 1 aromatic carbocycles. The van der Waals surface area contributed by atoms with E-state index in [0.717, 1.165) is 31.4 Å². The number of hydrogen-bond donors (Lipinski definition) is 1. The maximum atomic E-state index is 12.7. The molecule has 1 atom stereocenters. The third-order valence-corrected chi connectivity index (χ3v) is 6.06. The van der Waals surface area contributed by atoms with Crippen LogP contribution in [0.3, 0.4) is 0 Å². The third-order valence-electron chi connectivity index (χ3n) is 5.04. The van der Waals surface area contributed by atoms with Gasteiger partial charge in [-0.1, -0.05) is 31.0 Å². The summed E-state index contributed by atoms with van der Waals surface area (Å²) in [6.45, 7) is 0. The Balaban J connectivity index is 1.42. The average Bonchev–Trinajstić information content (AvgIpc) is 3.42. The third kappa shape index (κ3) is 3.49. The Labute approximate surface area is 156 Å². The lowest BCUT2D eigenvalue weighted by atomic mass is 10.1. The summed E-state index contributed by atoms with van der Waals surface area (Å²) in [6.07, 6.45) is 7.57. The van der Waals surface area contributed by atoms with Crippen molar-refractivity contribution in [1.29, 1.82) is 0 Å². The largest absolute Gasteiger partial charge is 0.322 e. The number of nitrogens with one attached hydrogen (secondary N) is 1. The molecular weight excluding hydrogens is 348 g/mol. The molecule has 2 amide bonds. The monoisotopic (exact) mass is 370 g/mol. The molecule has 0 radical (unpaired) electrons. The van der Waals surface area contributed by atoms with Crippen LogP contribution in [0.2, 0.25) is 0 Å². The van der Waals surface area contributed by atoms with Gasteiger partial charge in [0, 0.05) is 11.7 Å². The van der Waals surface area contributed by atoms with E-state index in [9.17, 15) is 9.59 Å². The van der Waals surface area contributed by atoms with E-state index in [1.807, 2.05) is 30.3 Å². The molecule has 1 aliphatic heterocycles. The Bertz CT molecular complexity index is 786. The number of nitrogens with zero attached hydrogens (tertiary/aromatic N) is 3. The molecule has 0 bridgehead atoms. The number of aromatic nitrogens is 2. The molecule has 1 aromatic heterocycles. The van der Waals surface area contributed by atoms with E-state index in [2.05, 4.69) is 10.4 Å². The van der Waals surface area contributed by atoms with Crippen LogP contribution in [0.15, 0.2) is 42.7 Å². The van der Waals surface area contributed by atoms with Crippen LogP contribution in [-0.2, 0) is 9.59 Å². The first-order chi connectivity index (χ1) is 12.7. The van der Waals surface area contributed by atoms with E-state index >= 15 is 0 Å². The summed E-state index contributed by atoms with van der Waals surface area (Å²) in [5.41, 5.74) is 1.58. The van der Waals surface area contributed by atoms with Crippen molar-refractivity contribution in [2.24, 2.45) is 5.92 Å². The molecule has 136 valence electrons. The predicted octanol–water partition coefficient (Wildman–Crippen LogP) is 2.90. The van der Waals surface area contributed by atoms with Crippen molar-refractivity contribution in [3.63, 3.8) is 0 Å². The van der Waals surface area contributed by atoms with Crippen LogP contribution < -0.4 is 5.32 Å². The van der Waals surface area contributed by atoms with E-state index in [1.54, 1.807) is 33.7 Å². The molecule has 1 saturated heterocycles. The Morgan fingerprint density at radius 1 is 1.15 bits per heavy atom. The number of anilines is 1. The lowest BCUT2D eigenvalue weighted by Gasteiger charge is -2.25. The van der Waals surface area contributed by atoms with Crippen molar-refractivity contribution in [3.8, 4) is 5.69 Å². The van der Waals surface area contributed by atoms with Gasteiger partial charge in [0.05, 0.1) is 29.6 Å². The molecule has 1 unspecified atom stereocenters. The minimum atomic E-state index is -0.395. The van der Waals surface area contributed by atoms with E-state index < -0.39 is 6.04 Å². The molecule has 2 fully saturated rings. The summed E-state index contributed by atoms with van der Waals surface area (Å²) >= 11 is 1.64. The van der Waals surface area contributed by atoms with Gasteiger partial charge in [-0.25, -0.2) is 4.68 Å². The van der Waals surface area contributed by atoms with E-state index in [4.69, 9.17) is 0 Å². The predicted molar refractivity (Wildman–Crippen MR) is 102 cm³/mol. The zero-order chi connectivity index (χ0) is 17.9. The Morgan fingerprint density at radius 3 is 2.69 bits per heavy atom. The maximum absolute atomic E-state index is 12.7. The van der Waals surface area contributed by atoms with E-state index in [0.29, 0.717) is 17.3 Å². The molecule has 7 heteroatoms. The molecule has 4 rings (SSSR count). The van der Waals surface area contributed by atoms with Gasteiger partial charge in [0.15, 0.2) is 0 Å². The van der Waals surface area contributed by atoms with Crippen molar-refractivity contribution >= 4 is 29.3 Å². The molecule has 1 aliphatic carbocycles. The normalized spacial score (nSPS) is 20.5. The highest BCUT2D eigenvalue weighted by molar-refractivity contribution is 7.99. The number of benzene rings is 1. The number of hydrogen-bond acceptors (Lipinski definition) is 4. The lowest BCUT2D eigenvalue weighted by molar-refractivity contribution is -0.139. The van der Waals surface area contributed by atoms with Crippen LogP contribution in [0.1, 0.15) is 25.7 Å². The first-order valence-corrected chi connectivity index (χ1v) is 10.2. The standard InChI is InChI=1S/C19H22N4O2S/c24-18(17-12-26-13-22(17)19(25)14-6-4-5-7-14)21-15-10-20-23(11-15)16-8-2-1-3-9-16/h1-3,8-11,14,17H,4-7,12-13H2,(H,21,24). The number of amides is 2. The minimum Gasteiger partial charge on any atom is -0.322 e. The number of carbonyl (C=O) groups excluding carboxylic acids is 2. The highest BCUT2D eigenvalue weighted by Crippen LogP contribution is 2.31. The van der Waals surface area contributed by atoms with Gasteiger partial charge in [0.2, 0.25) is 11.8 Å². The first kappa shape index (κ1) is 17.1. The summed E-state index contributed by atoms with van der Waals surface area (Å²) in [5, 5.41) is 7.22. The van der Waals surface area contributed by atoms with Crippen molar-refractivity contribution in [2.75, 3.05) is 16.9 Å². The zero-order valence-corrected chi connectivity index (χ0v) is 15.3. The van der Waals surface area contributed by atoms with E-state index in [1.165, 1.54) is 0 Å². The van der Waals surface area contributed by atoms with Crippen LogP contribution in [0.25, 0.3) is 5.69 Å². The van der Waals surface area contributed by atoms with Gasteiger partial charge in [0.25, 0.3) is 0 Å². The molecule has 6 nitrogen and oxygen atoms in total. The summed E-state index contributed by atoms with van der Waals surface area (Å²) in [7, 11) is 0. The fourth-order valence-corrected chi connectivity index (χ4v) is 4.78. The lowest BCUT2D eigenvalue weighted by Crippen LogP contribution is -2.46. The zero-order valence-electron chi connectivity index (χ0n) is 14.5. The van der Waals surface area contributed by atoms with Gasteiger partial charge < -0.3 is 10.2 Å². The quantitative estimate of drug-likeness (QED) is 0.899. The second-order valence-corrected chi connectivity index (χ2v) is 7.80. The highest BCUT2D eigenvalue weighted by atomic mass is 32.2. The molecule has 2 heterocycles. The Morgan fingerprint density at radius 2 is 1.92 bits per heavy atom. The topological polar surface area (TPSA) is 67.2 Å². The van der Waals surface area contributed by atoms with E-state index in [-0.39, 0.29) is 17.7 Å². The van der Waals surface area contributed by atoms with Crippen molar-refractivity contribution < 1.29 is 9.59 Å². The Hall–Kier alpha value is -2.28. The molecule has 2 aromatic rings. The molecule has 1 saturated carbocycles. The van der Waals surface area contributed by atoms with Gasteiger partial charge in [-0.3, -0.25) is 9.59 Å². The molecule has 26 heavy (non-hydrogen) atoms. The number of para-hydroxylation sites is 1. The fourth-order valence-electron chi connectivity index (χ4n) is 3.62. The number of rotatable bonds is 4. The van der Waals surface area contributed by atoms with Gasteiger partial charge in [-0.05, 0) is 25.0 Å². The van der Waals surface area contributed by atoms with Gasteiger partial charge in [-0.2, -0.15) is 5.10 Å². The summed E-state index contributed by atoms with van der Waals surface area (Å²) < 4.78 is 1.72. The molecule has 2 aliphatic rings. The average molecular weight is 370 g/mol. The van der Waals surface area contributed by atoms with Crippen LogP contribution in [0.4, 0.5) is 5.69 Å². The van der Waals surface area contributed by atoms with Crippen molar-refractivity contribution in [3.05, 3.63) is 42.7 Å². The molecule has 1 N–H and O–H groups in total. The second kappa shape index (κ2) is 7.53. The van der Waals surface area contributed by atoms with Gasteiger partial charge in [0.1, 0.15) is 6.04 Å². The Kier molecular flexibility index (Phi) is 4.97. The van der Waals surface area contributed by atoms with Gasteiger partial charge in [-0.15, -0.1) is 11.8 Å². The second-order valence-electron chi connectivity index (χ2n) is 6.80. The SMILES string of the molecule is O=C(Nc1cnn(-c2ccccc2)c1)C1CSCN1C(=O)C1CCCC1. The molecule has 0 spiro atoms. The minimum absolute atomic E-state index is 0.102. The van der Waals surface area contributed by atoms with Crippen LogP contribution in [0.5, 0.6) is 0 Å². The number of carbonyl (C=O) groups is 2. The highest BCUT2D eigenvalue weighted by Gasteiger charge is 2.38. The smallest absolute Gasteiger partial charge is 0.248 e. The van der Waals surface area contributed by atoms with Crippen molar-refractivity contribution in [2.45, 2.75) is 31.7 Å². The van der Waals surface area contributed by atoms with Gasteiger partial charge >= 0.3 is 0 Å². The molecular formula is C19H22N4O2S. The van der Waals surface area contributed by atoms with Crippen LogP contribution in [-0.4, -0.2) is 44.2 Å². The summed E-state index contributed by atoms with van der Waals surface area (Å²) in [5.74, 6) is 1.37. The summed E-state index contributed by atoms with van der Waals surface area (Å²) in [6, 6.07) is 9.34. The number of thioether (sulfide) groups is 1. The van der Waals surface area contributed by atoms with Crippen LogP contribution in [0, 0.1) is 5.92 Å². The maximum Gasteiger partial charge on any atom is 0.248 e.